The van der Waals surface area contributed by atoms with E-state index >= 15 is 0 Å². The first-order chi connectivity index (χ1) is 5.92. The Balaban J connectivity index is 2.48. The van der Waals surface area contributed by atoms with Gasteiger partial charge in [0.05, 0.1) is 5.70 Å². The summed E-state index contributed by atoms with van der Waals surface area (Å²) in [6, 6.07) is 8.42. The van der Waals surface area contributed by atoms with Crippen LogP contribution in [0.5, 0.6) is 0 Å². The van der Waals surface area contributed by atoms with E-state index in [-0.39, 0.29) is 0 Å². The smallest absolute Gasteiger partial charge is 0.0574 e. The van der Waals surface area contributed by atoms with Crippen LogP contribution in [0.2, 0.25) is 0 Å². The molecule has 1 aliphatic rings. The Morgan fingerprint density at radius 2 is 2.17 bits per heavy atom. The zero-order valence-corrected chi connectivity index (χ0v) is 7.09. The average Bonchev–Trinajstić information content (AvgIpc) is 2.17. The van der Waals surface area contributed by atoms with E-state index in [9.17, 15) is 0 Å². The topological polar surface area (TPSA) is 24.1 Å². The third kappa shape index (κ3) is 1.05. The van der Waals surface area contributed by atoms with Gasteiger partial charge in [-0.25, -0.2) is 0 Å². The first-order valence-corrected chi connectivity index (χ1v) is 4.11. The zero-order valence-electron chi connectivity index (χ0n) is 7.09. The van der Waals surface area contributed by atoms with E-state index in [2.05, 4.69) is 34.9 Å². The molecule has 62 valence electrons. The molecule has 0 fully saturated rings. The fraction of sp³-hybridized carbons (Fsp3) is 0.200. The molecule has 0 saturated heterocycles. The molecule has 0 spiro atoms. The standard InChI is InChI=1S/C10H12N2/c1-11-10-7-12-6-8-4-2-3-5-9(8)10/h2-5,7,11-12H,6H2,1H3. The maximum atomic E-state index is 3.22. The number of hydrogen-bond acceptors (Lipinski definition) is 2. The second-order valence-electron chi connectivity index (χ2n) is 2.85. The first kappa shape index (κ1) is 7.22. The van der Waals surface area contributed by atoms with Crippen LogP contribution in [0, 0.1) is 0 Å². The molecule has 12 heavy (non-hydrogen) atoms. The van der Waals surface area contributed by atoms with E-state index in [1.807, 2.05) is 13.2 Å². The van der Waals surface area contributed by atoms with E-state index in [4.69, 9.17) is 0 Å². The third-order valence-corrected chi connectivity index (χ3v) is 2.12. The van der Waals surface area contributed by atoms with Crippen LogP contribution in [0.1, 0.15) is 11.1 Å². The molecule has 2 heteroatoms. The van der Waals surface area contributed by atoms with E-state index in [1.165, 1.54) is 11.1 Å². The second kappa shape index (κ2) is 2.89. The van der Waals surface area contributed by atoms with Crippen LogP contribution in [0.3, 0.4) is 0 Å². The van der Waals surface area contributed by atoms with E-state index < -0.39 is 0 Å². The molecule has 0 bridgehead atoms. The minimum Gasteiger partial charge on any atom is -0.386 e. The molecule has 2 N–H and O–H groups in total. The van der Waals surface area contributed by atoms with Gasteiger partial charge in [-0.05, 0) is 5.56 Å². The summed E-state index contributed by atoms with van der Waals surface area (Å²) in [5.41, 5.74) is 3.82. The highest BCUT2D eigenvalue weighted by atomic mass is 14.9. The molecule has 0 unspecified atom stereocenters. The lowest BCUT2D eigenvalue weighted by molar-refractivity contribution is 0.838. The molecule has 2 rings (SSSR count). The lowest BCUT2D eigenvalue weighted by Gasteiger charge is -2.18. The Hall–Kier alpha value is -1.44. The molecule has 0 radical (unpaired) electrons. The summed E-state index contributed by atoms with van der Waals surface area (Å²) < 4.78 is 0. The Labute approximate surface area is 72.3 Å². The normalized spacial score (nSPS) is 14.2. The Morgan fingerprint density at radius 3 is 3.00 bits per heavy atom. The van der Waals surface area contributed by atoms with Crippen LogP contribution >= 0.6 is 0 Å². The van der Waals surface area contributed by atoms with Crippen molar-refractivity contribution in [2.24, 2.45) is 0 Å². The molecule has 0 atom stereocenters. The quantitative estimate of drug-likeness (QED) is 0.647. The molecule has 0 amide bonds. The van der Waals surface area contributed by atoms with Gasteiger partial charge in [0.2, 0.25) is 0 Å². The van der Waals surface area contributed by atoms with Gasteiger partial charge in [-0.2, -0.15) is 0 Å². The van der Waals surface area contributed by atoms with Crippen molar-refractivity contribution in [1.82, 2.24) is 10.6 Å². The van der Waals surface area contributed by atoms with Gasteiger partial charge in [-0.1, -0.05) is 24.3 Å². The fourth-order valence-corrected chi connectivity index (χ4v) is 1.48. The van der Waals surface area contributed by atoms with E-state index in [0.717, 1.165) is 12.2 Å². The van der Waals surface area contributed by atoms with Crippen LogP contribution in [0.25, 0.3) is 5.70 Å². The summed E-state index contributed by atoms with van der Waals surface area (Å²) in [6.45, 7) is 0.932. The van der Waals surface area contributed by atoms with Gasteiger partial charge in [0.15, 0.2) is 0 Å². The van der Waals surface area contributed by atoms with Crippen molar-refractivity contribution in [3.63, 3.8) is 0 Å². The summed E-state index contributed by atoms with van der Waals surface area (Å²) in [4.78, 5) is 0. The van der Waals surface area contributed by atoms with Crippen LogP contribution in [-0.2, 0) is 6.54 Å². The maximum Gasteiger partial charge on any atom is 0.0574 e. The van der Waals surface area contributed by atoms with Gasteiger partial charge < -0.3 is 10.6 Å². The highest BCUT2D eigenvalue weighted by molar-refractivity contribution is 5.67. The average molecular weight is 160 g/mol. The SMILES string of the molecule is CNC1=CNCc2ccccc21. The van der Waals surface area contributed by atoms with E-state index in [1.54, 1.807) is 0 Å². The highest BCUT2D eigenvalue weighted by Crippen LogP contribution is 2.19. The number of fused-ring (bicyclic) bond motifs is 1. The number of hydrogen-bond donors (Lipinski definition) is 2. The molecule has 1 aromatic carbocycles. The van der Waals surface area contributed by atoms with Crippen molar-refractivity contribution < 1.29 is 0 Å². The minimum absolute atomic E-state index is 0.932. The Kier molecular flexibility index (Phi) is 1.74. The molecule has 1 aromatic rings. The van der Waals surface area contributed by atoms with Crippen molar-refractivity contribution in [3.05, 3.63) is 41.6 Å². The zero-order chi connectivity index (χ0) is 8.39. The summed E-state index contributed by atoms with van der Waals surface area (Å²) in [7, 11) is 1.94. The van der Waals surface area contributed by atoms with Crippen molar-refractivity contribution >= 4 is 5.70 Å². The Morgan fingerprint density at radius 1 is 1.33 bits per heavy atom. The van der Waals surface area contributed by atoms with Gasteiger partial charge in [-0.3, -0.25) is 0 Å². The largest absolute Gasteiger partial charge is 0.386 e. The van der Waals surface area contributed by atoms with Crippen molar-refractivity contribution in [2.45, 2.75) is 6.54 Å². The van der Waals surface area contributed by atoms with Crippen LogP contribution in [0.4, 0.5) is 0 Å². The third-order valence-electron chi connectivity index (χ3n) is 2.12. The predicted molar refractivity (Wildman–Crippen MR) is 50.3 cm³/mol. The van der Waals surface area contributed by atoms with E-state index in [0.29, 0.717) is 0 Å². The molecule has 0 saturated carbocycles. The highest BCUT2D eigenvalue weighted by Gasteiger charge is 2.08. The molecular weight excluding hydrogens is 148 g/mol. The summed E-state index contributed by atoms with van der Waals surface area (Å²) in [6.07, 6.45) is 2.02. The fourth-order valence-electron chi connectivity index (χ4n) is 1.48. The molecule has 1 heterocycles. The van der Waals surface area contributed by atoms with Crippen molar-refractivity contribution in [3.8, 4) is 0 Å². The van der Waals surface area contributed by atoms with Gasteiger partial charge in [0, 0.05) is 25.4 Å². The van der Waals surface area contributed by atoms with Crippen LogP contribution in [-0.4, -0.2) is 7.05 Å². The van der Waals surface area contributed by atoms with Gasteiger partial charge in [0.1, 0.15) is 0 Å². The van der Waals surface area contributed by atoms with Gasteiger partial charge in [-0.15, -0.1) is 0 Å². The van der Waals surface area contributed by atoms with Gasteiger partial charge >= 0.3 is 0 Å². The summed E-state index contributed by atoms with van der Waals surface area (Å²) >= 11 is 0. The molecule has 0 aromatic heterocycles. The van der Waals surface area contributed by atoms with Crippen LogP contribution < -0.4 is 10.6 Å². The maximum absolute atomic E-state index is 3.22. The van der Waals surface area contributed by atoms with Crippen molar-refractivity contribution in [1.29, 1.82) is 0 Å². The van der Waals surface area contributed by atoms with Gasteiger partial charge in [0.25, 0.3) is 0 Å². The minimum atomic E-state index is 0.932. The first-order valence-electron chi connectivity index (χ1n) is 4.11. The number of benzene rings is 1. The number of nitrogens with one attached hydrogen (secondary N) is 2. The molecule has 2 nitrogen and oxygen atoms in total. The molecule has 1 aliphatic heterocycles. The predicted octanol–water partition coefficient (Wildman–Crippen LogP) is 1.31. The summed E-state index contributed by atoms with van der Waals surface area (Å²) in [5.74, 6) is 0. The molecule has 0 aliphatic carbocycles. The monoisotopic (exact) mass is 160 g/mol. The van der Waals surface area contributed by atoms with Crippen LogP contribution in [0.15, 0.2) is 30.5 Å². The Bertz CT molecular complexity index is 315. The molecular formula is C10H12N2. The lowest BCUT2D eigenvalue weighted by Crippen LogP contribution is -2.19. The second-order valence-corrected chi connectivity index (χ2v) is 2.85. The number of rotatable bonds is 1. The summed E-state index contributed by atoms with van der Waals surface area (Å²) in [5, 5.41) is 6.38. The van der Waals surface area contributed by atoms with Crippen molar-refractivity contribution in [2.75, 3.05) is 7.05 Å². The lowest BCUT2D eigenvalue weighted by atomic mass is 10.0.